The first-order valence-electron chi connectivity index (χ1n) is 6.55. The van der Waals surface area contributed by atoms with Gasteiger partial charge in [0.1, 0.15) is 6.04 Å². The zero-order chi connectivity index (χ0) is 12.6. The molecule has 6 nitrogen and oxygen atoms in total. The minimum Gasteiger partial charge on any atom is -0.347 e. The number of rotatable bonds is 1. The zero-order valence-corrected chi connectivity index (χ0v) is 10.3. The number of amides is 2. The summed E-state index contributed by atoms with van der Waals surface area (Å²) in [4.78, 5) is 25.1. The van der Waals surface area contributed by atoms with Crippen LogP contribution in [0.1, 0.15) is 25.7 Å². The van der Waals surface area contributed by atoms with Gasteiger partial charge < -0.3 is 19.7 Å². The predicted molar refractivity (Wildman–Crippen MR) is 61.6 cm³/mol. The van der Waals surface area contributed by atoms with Crippen LogP contribution in [0.25, 0.3) is 0 Å². The molecule has 3 fully saturated rings. The maximum atomic E-state index is 12.2. The summed E-state index contributed by atoms with van der Waals surface area (Å²) in [7, 11) is 0. The smallest absolute Gasteiger partial charge is 0.245 e. The van der Waals surface area contributed by atoms with Crippen LogP contribution in [0, 0.1) is 0 Å². The Labute approximate surface area is 106 Å². The Hall–Kier alpha value is -1.14. The lowest BCUT2D eigenvalue weighted by molar-refractivity contribution is -0.187. The number of hydrogen-bond donors (Lipinski definition) is 1. The van der Waals surface area contributed by atoms with Crippen molar-refractivity contribution in [3.63, 3.8) is 0 Å². The topological polar surface area (TPSA) is 67.9 Å². The van der Waals surface area contributed by atoms with Crippen molar-refractivity contribution < 1.29 is 19.1 Å². The molecule has 0 radical (unpaired) electrons. The van der Waals surface area contributed by atoms with Crippen molar-refractivity contribution in [3.8, 4) is 0 Å². The summed E-state index contributed by atoms with van der Waals surface area (Å²) in [5.74, 6) is -0.437. The van der Waals surface area contributed by atoms with E-state index in [4.69, 9.17) is 9.47 Å². The molecule has 3 rings (SSSR count). The predicted octanol–water partition coefficient (Wildman–Crippen LogP) is -0.369. The van der Waals surface area contributed by atoms with Gasteiger partial charge in [0.05, 0.1) is 13.2 Å². The van der Waals surface area contributed by atoms with Gasteiger partial charge in [-0.3, -0.25) is 9.59 Å². The first-order valence-corrected chi connectivity index (χ1v) is 6.55. The van der Waals surface area contributed by atoms with Crippen molar-refractivity contribution in [1.82, 2.24) is 10.2 Å². The molecule has 0 bridgehead atoms. The second kappa shape index (κ2) is 4.51. The third-order valence-electron chi connectivity index (χ3n) is 3.94. The van der Waals surface area contributed by atoms with Crippen molar-refractivity contribution in [2.24, 2.45) is 0 Å². The van der Waals surface area contributed by atoms with Crippen LogP contribution in [-0.4, -0.2) is 54.8 Å². The van der Waals surface area contributed by atoms with Gasteiger partial charge in [-0.15, -0.1) is 0 Å². The lowest BCUT2D eigenvalue weighted by Crippen LogP contribution is -2.51. The van der Waals surface area contributed by atoms with Crippen molar-refractivity contribution in [2.45, 2.75) is 37.5 Å². The number of ether oxygens (including phenoxy) is 2. The molecule has 3 saturated heterocycles. The van der Waals surface area contributed by atoms with Gasteiger partial charge in [-0.2, -0.15) is 0 Å². The monoisotopic (exact) mass is 254 g/mol. The highest BCUT2D eigenvalue weighted by Gasteiger charge is 2.42. The molecule has 0 saturated carbocycles. The molecule has 1 N–H and O–H groups in total. The third kappa shape index (κ3) is 2.10. The van der Waals surface area contributed by atoms with Gasteiger partial charge in [0.15, 0.2) is 5.79 Å². The Bertz CT molecular complexity index is 355. The van der Waals surface area contributed by atoms with Gasteiger partial charge in [0, 0.05) is 32.4 Å². The SMILES string of the molecule is O=C1CCC(C(=O)N2CCC3(CC2)OCCO3)N1. The molecule has 3 aliphatic rings. The fraction of sp³-hybridized carbons (Fsp3) is 0.833. The molecule has 3 aliphatic heterocycles. The van der Waals surface area contributed by atoms with Crippen LogP contribution >= 0.6 is 0 Å². The van der Waals surface area contributed by atoms with E-state index in [0.717, 1.165) is 12.8 Å². The molecule has 6 heteroatoms. The normalized spacial score (nSPS) is 30.8. The average molecular weight is 254 g/mol. The molecule has 18 heavy (non-hydrogen) atoms. The van der Waals surface area contributed by atoms with E-state index in [0.29, 0.717) is 39.1 Å². The molecule has 3 heterocycles. The van der Waals surface area contributed by atoms with Crippen molar-refractivity contribution >= 4 is 11.8 Å². The number of carbonyl (C=O) groups is 2. The quantitative estimate of drug-likeness (QED) is 0.693. The summed E-state index contributed by atoms with van der Waals surface area (Å²) in [6, 6.07) is -0.322. The first kappa shape index (κ1) is 11.9. The lowest BCUT2D eigenvalue weighted by atomic mass is 10.0. The number of nitrogens with zero attached hydrogens (tertiary/aromatic N) is 1. The molecule has 1 spiro atoms. The van der Waals surface area contributed by atoms with Gasteiger partial charge >= 0.3 is 0 Å². The molecule has 0 aromatic carbocycles. The molecule has 0 aromatic heterocycles. The van der Waals surface area contributed by atoms with E-state index in [-0.39, 0.29) is 17.9 Å². The van der Waals surface area contributed by atoms with E-state index in [2.05, 4.69) is 5.32 Å². The van der Waals surface area contributed by atoms with Gasteiger partial charge in [-0.1, -0.05) is 0 Å². The summed E-state index contributed by atoms with van der Waals surface area (Å²) in [5, 5.41) is 2.72. The van der Waals surface area contributed by atoms with Crippen LogP contribution in [0.15, 0.2) is 0 Å². The highest BCUT2D eigenvalue weighted by molar-refractivity contribution is 5.90. The first-order chi connectivity index (χ1) is 8.69. The highest BCUT2D eigenvalue weighted by atomic mass is 16.7. The van der Waals surface area contributed by atoms with E-state index in [9.17, 15) is 9.59 Å². The second-order valence-corrected chi connectivity index (χ2v) is 5.09. The summed E-state index contributed by atoms with van der Waals surface area (Å²) in [5.41, 5.74) is 0. The molecule has 0 aromatic rings. The van der Waals surface area contributed by atoms with Crippen LogP contribution in [0.4, 0.5) is 0 Å². The third-order valence-corrected chi connectivity index (χ3v) is 3.94. The molecule has 100 valence electrons. The van der Waals surface area contributed by atoms with Gasteiger partial charge in [0.25, 0.3) is 0 Å². The van der Waals surface area contributed by atoms with Crippen LogP contribution in [0.2, 0.25) is 0 Å². The Balaban J connectivity index is 1.56. The standard InChI is InChI=1S/C12H18N2O4/c15-10-2-1-9(13-10)11(16)14-5-3-12(4-6-14)17-7-8-18-12/h9H,1-8H2,(H,13,15). The fourth-order valence-corrected chi connectivity index (χ4v) is 2.87. The molecular weight excluding hydrogens is 236 g/mol. The number of piperidine rings is 1. The number of carbonyl (C=O) groups excluding carboxylic acids is 2. The minimum atomic E-state index is -0.449. The summed E-state index contributed by atoms with van der Waals surface area (Å²) in [6.07, 6.45) is 2.52. The zero-order valence-electron chi connectivity index (χ0n) is 10.3. The number of hydrogen-bond acceptors (Lipinski definition) is 4. The van der Waals surface area contributed by atoms with Gasteiger partial charge in [0.2, 0.25) is 11.8 Å². The Morgan fingerprint density at radius 1 is 1.28 bits per heavy atom. The number of nitrogens with one attached hydrogen (secondary N) is 1. The van der Waals surface area contributed by atoms with Crippen LogP contribution in [-0.2, 0) is 19.1 Å². The minimum absolute atomic E-state index is 0.0238. The van der Waals surface area contributed by atoms with Crippen LogP contribution in [0.5, 0.6) is 0 Å². The van der Waals surface area contributed by atoms with Gasteiger partial charge in [-0.25, -0.2) is 0 Å². The number of likely N-dealkylation sites (tertiary alicyclic amines) is 1. The molecular formula is C12H18N2O4. The molecule has 0 aliphatic carbocycles. The molecule has 1 atom stereocenters. The Morgan fingerprint density at radius 3 is 2.50 bits per heavy atom. The summed E-state index contributed by atoms with van der Waals surface area (Å²) in [6.45, 7) is 2.58. The van der Waals surface area contributed by atoms with Crippen LogP contribution < -0.4 is 5.32 Å². The van der Waals surface area contributed by atoms with Crippen molar-refractivity contribution in [2.75, 3.05) is 26.3 Å². The van der Waals surface area contributed by atoms with Crippen molar-refractivity contribution in [3.05, 3.63) is 0 Å². The van der Waals surface area contributed by atoms with E-state index >= 15 is 0 Å². The maximum absolute atomic E-state index is 12.2. The summed E-state index contributed by atoms with van der Waals surface area (Å²) >= 11 is 0. The lowest BCUT2D eigenvalue weighted by Gasteiger charge is -2.38. The van der Waals surface area contributed by atoms with E-state index in [1.54, 1.807) is 0 Å². The van der Waals surface area contributed by atoms with E-state index < -0.39 is 5.79 Å². The maximum Gasteiger partial charge on any atom is 0.245 e. The largest absolute Gasteiger partial charge is 0.347 e. The van der Waals surface area contributed by atoms with Crippen molar-refractivity contribution in [1.29, 1.82) is 0 Å². The fourth-order valence-electron chi connectivity index (χ4n) is 2.87. The summed E-state index contributed by atoms with van der Waals surface area (Å²) < 4.78 is 11.2. The molecule has 1 unspecified atom stereocenters. The Kier molecular flexibility index (Phi) is 2.99. The highest BCUT2D eigenvalue weighted by Crippen LogP contribution is 2.31. The average Bonchev–Trinajstić information content (AvgIpc) is 3.00. The molecule has 2 amide bonds. The Morgan fingerprint density at radius 2 is 1.94 bits per heavy atom. The van der Waals surface area contributed by atoms with Gasteiger partial charge in [-0.05, 0) is 6.42 Å². The van der Waals surface area contributed by atoms with E-state index in [1.165, 1.54) is 0 Å². The van der Waals surface area contributed by atoms with E-state index in [1.807, 2.05) is 4.90 Å². The second-order valence-electron chi connectivity index (χ2n) is 5.09. The van der Waals surface area contributed by atoms with Crippen LogP contribution in [0.3, 0.4) is 0 Å².